The normalized spacial score (nSPS) is 14.6. The Morgan fingerprint density at radius 3 is 2.50 bits per heavy atom. The van der Waals surface area contributed by atoms with Crippen LogP contribution < -0.4 is 5.43 Å². The van der Waals surface area contributed by atoms with E-state index in [9.17, 15) is 13.2 Å². The summed E-state index contributed by atoms with van der Waals surface area (Å²) < 4.78 is 28.1. The Morgan fingerprint density at radius 2 is 1.65 bits per heavy atom. The zero-order chi connectivity index (χ0) is 18.3. The van der Waals surface area contributed by atoms with Gasteiger partial charge in [0.2, 0.25) is 0 Å². The van der Waals surface area contributed by atoms with Crippen molar-refractivity contribution in [2.75, 3.05) is 7.05 Å². The number of hydrogen-bond acceptors (Lipinski definition) is 4. The van der Waals surface area contributed by atoms with Crippen LogP contribution >= 0.6 is 0 Å². The fraction of sp³-hybridized carbons (Fsp3) is 0.0526. The van der Waals surface area contributed by atoms with Gasteiger partial charge in [0.05, 0.1) is 0 Å². The summed E-state index contributed by atoms with van der Waals surface area (Å²) in [4.78, 5) is 12.9. The second kappa shape index (κ2) is 5.96. The maximum Gasteiger partial charge on any atom is 0.285 e. The number of nitrogens with one attached hydrogen (secondary N) is 1. The number of rotatable bonds is 1. The molecule has 1 heterocycles. The van der Waals surface area contributed by atoms with E-state index in [1.165, 1.54) is 11.1 Å². The predicted molar refractivity (Wildman–Crippen MR) is 99.3 cm³/mol. The quantitative estimate of drug-likeness (QED) is 0.672. The lowest BCUT2D eigenvalue weighted by atomic mass is 10.0. The van der Waals surface area contributed by atoms with E-state index in [1.807, 2.05) is 36.4 Å². The van der Waals surface area contributed by atoms with Gasteiger partial charge in [-0.3, -0.25) is 15.2 Å². The first-order valence-corrected chi connectivity index (χ1v) is 9.38. The summed E-state index contributed by atoms with van der Waals surface area (Å²) in [6.07, 6.45) is 0. The van der Waals surface area contributed by atoms with E-state index >= 15 is 0 Å². The Bertz CT molecular complexity index is 1160. The first kappa shape index (κ1) is 16.3. The summed E-state index contributed by atoms with van der Waals surface area (Å²) in [5, 5.41) is 3.12. The number of carbonyl (C=O) groups excluding carboxylic acids is 1. The van der Waals surface area contributed by atoms with Gasteiger partial charge in [0, 0.05) is 18.2 Å². The molecule has 1 aliphatic heterocycles. The molecular weight excluding hydrogens is 350 g/mol. The summed E-state index contributed by atoms with van der Waals surface area (Å²) >= 11 is 0. The lowest BCUT2D eigenvalue weighted by Crippen LogP contribution is -2.43. The SMILES string of the molecule is CN(NC(=O)c1cccc2ccccc12)C1=NS(=O)(=O)c2ccccc21. The molecule has 0 aliphatic carbocycles. The van der Waals surface area contributed by atoms with E-state index in [2.05, 4.69) is 9.82 Å². The van der Waals surface area contributed by atoms with Crippen molar-refractivity contribution in [2.24, 2.45) is 4.40 Å². The molecule has 7 heteroatoms. The largest absolute Gasteiger partial charge is 0.285 e. The third-order valence-electron chi connectivity index (χ3n) is 4.23. The number of amidine groups is 1. The molecule has 0 saturated heterocycles. The summed E-state index contributed by atoms with van der Waals surface area (Å²) in [5.41, 5.74) is 3.68. The fourth-order valence-corrected chi connectivity index (χ4v) is 4.25. The zero-order valence-electron chi connectivity index (χ0n) is 13.9. The molecule has 0 fully saturated rings. The van der Waals surface area contributed by atoms with Crippen LogP contribution in [-0.2, 0) is 10.0 Å². The topological polar surface area (TPSA) is 78.8 Å². The number of amides is 1. The Hall–Kier alpha value is -3.19. The molecule has 0 atom stereocenters. The highest BCUT2D eigenvalue weighted by molar-refractivity contribution is 7.90. The number of hydrazine groups is 1. The maximum absolute atomic E-state index is 12.7. The first-order valence-electron chi connectivity index (χ1n) is 7.94. The highest BCUT2D eigenvalue weighted by Gasteiger charge is 2.31. The second-order valence-electron chi connectivity index (χ2n) is 5.91. The van der Waals surface area contributed by atoms with Gasteiger partial charge in [-0.25, -0.2) is 0 Å². The van der Waals surface area contributed by atoms with Crippen molar-refractivity contribution in [3.8, 4) is 0 Å². The van der Waals surface area contributed by atoms with Crippen molar-refractivity contribution < 1.29 is 13.2 Å². The van der Waals surface area contributed by atoms with Gasteiger partial charge in [0.25, 0.3) is 15.9 Å². The molecule has 0 aromatic heterocycles. The Balaban J connectivity index is 1.67. The molecule has 1 amide bonds. The number of benzene rings is 3. The number of sulfonamides is 1. The van der Waals surface area contributed by atoms with Crippen molar-refractivity contribution in [2.45, 2.75) is 4.90 Å². The standard InChI is InChI=1S/C19H15N3O3S/c1-22(18-16-10-4-5-12-17(16)26(24,25)21-18)20-19(23)15-11-6-8-13-7-2-3-9-14(13)15/h2-12H,1H3,(H,20,23). The van der Waals surface area contributed by atoms with Gasteiger partial charge >= 0.3 is 0 Å². The summed E-state index contributed by atoms with van der Waals surface area (Å²) in [6.45, 7) is 0. The van der Waals surface area contributed by atoms with Crippen molar-refractivity contribution in [1.29, 1.82) is 0 Å². The minimum Gasteiger partial charge on any atom is -0.270 e. The van der Waals surface area contributed by atoms with Crippen LogP contribution in [0.1, 0.15) is 15.9 Å². The van der Waals surface area contributed by atoms with E-state index in [-0.39, 0.29) is 16.6 Å². The molecular formula is C19H15N3O3S. The molecule has 0 saturated carbocycles. The smallest absolute Gasteiger partial charge is 0.270 e. The van der Waals surface area contributed by atoms with Crippen LogP contribution in [0.3, 0.4) is 0 Å². The van der Waals surface area contributed by atoms with Crippen LogP contribution in [0.15, 0.2) is 76.0 Å². The van der Waals surface area contributed by atoms with Gasteiger partial charge in [-0.15, -0.1) is 4.40 Å². The van der Waals surface area contributed by atoms with Crippen LogP contribution in [0.2, 0.25) is 0 Å². The molecule has 0 unspecified atom stereocenters. The van der Waals surface area contributed by atoms with Crippen LogP contribution in [0.4, 0.5) is 0 Å². The minimum atomic E-state index is -3.74. The van der Waals surface area contributed by atoms with Crippen molar-refractivity contribution >= 4 is 32.5 Å². The number of carbonyl (C=O) groups is 1. The molecule has 0 spiro atoms. The van der Waals surface area contributed by atoms with Crippen LogP contribution in [0.5, 0.6) is 0 Å². The Kier molecular flexibility index (Phi) is 3.73. The number of nitrogens with zero attached hydrogens (tertiary/aromatic N) is 2. The van der Waals surface area contributed by atoms with Crippen molar-refractivity contribution in [3.05, 3.63) is 77.9 Å². The van der Waals surface area contributed by atoms with Gasteiger partial charge < -0.3 is 0 Å². The van der Waals surface area contributed by atoms with E-state index in [0.29, 0.717) is 11.1 Å². The second-order valence-corrected chi connectivity index (χ2v) is 7.49. The van der Waals surface area contributed by atoms with E-state index in [1.54, 1.807) is 31.3 Å². The average Bonchev–Trinajstić information content (AvgIpc) is 2.93. The lowest BCUT2D eigenvalue weighted by Gasteiger charge is -2.20. The summed E-state index contributed by atoms with van der Waals surface area (Å²) in [5.74, 6) is -0.150. The number of fused-ring (bicyclic) bond motifs is 2. The molecule has 0 radical (unpaired) electrons. The maximum atomic E-state index is 12.7. The molecule has 3 aromatic rings. The molecule has 4 rings (SSSR count). The summed E-state index contributed by atoms with van der Waals surface area (Å²) in [6, 6.07) is 19.6. The van der Waals surface area contributed by atoms with Crippen molar-refractivity contribution in [1.82, 2.24) is 10.4 Å². The molecule has 0 bridgehead atoms. The lowest BCUT2D eigenvalue weighted by molar-refractivity contribution is 0.0889. The van der Waals surface area contributed by atoms with Gasteiger partial charge in [-0.2, -0.15) is 8.42 Å². The predicted octanol–water partition coefficient (Wildman–Crippen LogP) is 2.57. The van der Waals surface area contributed by atoms with Crippen LogP contribution in [0.25, 0.3) is 10.8 Å². The highest BCUT2D eigenvalue weighted by Crippen LogP contribution is 2.26. The molecule has 1 aliphatic rings. The molecule has 130 valence electrons. The highest BCUT2D eigenvalue weighted by atomic mass is 32.2. The van der Waals surface area contributed by atoms with E-state index in [4.69, 9.17) is 0 Å². The Morgan fingerprint density at radius 1 is 0.962 bits per heavy atom. The monoisotopic (exact) mass is 365 g/mol. The van der Waals surface area contributed by atoms with Gasteiger partial charge in [-0.1, -0.05) is 48.5 Å². The minimum absolute atomic E-state index is 0.140. The van der Waals surface area contributed by atoms with Crippen LogP contribution in [0, 0.1) is 0 Å². The Labute approximate surface area is 150 Å². The average molecular weight is 365 g/mol. The zero-order valence-corrected chi connectivity index (χ0v) is 14.7. The molecule has 6 nitrogen and oxygen atoms in total. The van der Waals surface area contributed by atoms with E-state index in [0.717, 1.165) is 10.8 Å². The summed E-state index contributed by atoms with van der Waals surface area (Å²) in [7, 11) is -2.17. The van der Waals surface area contributed by atoms with Gasteiger partial charge in [0.15, 0.2) is 5.84 Å². The first-order chi connectivity index (χ1) is 12.5. The third kappa shape index (κ3) is 2.62. The third-order valence-corrected chi connectivity index (χ3v) is 5.56. The van der Waals surface area contributed by atoms with E-state index < -0.39 is 10.0 Å². The molecule has 26 heavy (non-hydrogen) atoms. The number of hydrogen-bond donors (Lipinski definition) is 1. The fourth-order valence-electron chi connectivity index (χ4n) is 3.02. The van der Waals surface area contributed by atoms with Crippen molar-refractivity contribution in [3.63, 3.8) is 0 Å². The van der Waals surface area contributed by atoms with Gasteiger partial charge in [-0.05, 0) is 29.0 Å². The van der Waals surface area contributed by atoms with Gasteiger partial charge in [0.1, 0.15) is 4.90 Å². The molecule has 1 N–H and O–H groups in total. The molecule has 3 aromatic carbocycles. The van der Waals surface area contributed by atoms with Crippen LogP contribution in [-0.4, -0.2) is 32.2 Å².